The average Bonchev–Trinajstić information content (AvgIpc) is 2.63. The Bertz CT molecular complexity index is 836. The van der Waals surface area contributed by atoms with Gasteiger partial charge >= 0.3 is 35.8 Å². The van der Waals surface area contributed by atoms with Gasteiger partial charge < -0.3 is 4.74 Å². The number of ether oxygens (including phenoxy) is 1. The van der Waals surface area contributed by atoms with Crippen molar-refractivity contribution in [2.45, 2.75) is 42.7 Å². The minimum atomic E-state index is -7.45. The smallest absolute Gasteiger partial charge is 0.460 e. The molecule has 182 valence electrons. The number of halogens is 13. The number of hydrogen-bond donors (Lipinski definition) is 0. The molecule has 0 saturated heterocycles. The number of allylic oxidation sites excluding steroid dienone is 2. The Morgan fingerprint density at radius 2 is 1.38 bits per heavy atom. The van der Waals surface area contributed by atoms with E-state index in [-0.39, 0.29) is 12.0 Å². The van der Waals surface area contributed by atoms with Crippen LogP contribution in [0, 0.1) is 0 Å². The maximum atomic E-state index is 13.7. The van der Waals surface area contributed by atoms with Crippen LogP contribution < -0.4 is 0 Å². The Kier molecular flexibility index (Phi) is 9.04. The number of hydrogen-bond acceptors (Lipinski definition) is 2. The average molecular weight is 663 g/mol. The molecule has 0 amide bonds. The second-order valence-electron chi connectivity index (χ2n) is 6.18. The van der Waals surface area contributed by atoms with E-state index < -0.39 is 58.5 Å². The van der Waals surface area contributed by atoms with Gasteiger partial charge in [-0.15, -0.1) is 0 Å². The third-order valence-electron chi connectivity index (χ3n) is 3.77. The van der Waals surface area contributed by atoms with E-state index in [1.807, 2.05) is 0 Å². The fourth-order valence-electron chi connectivity index (χ4n) is 2.02. The SMILES string of the molecule is O=C(OCCCC(I)=CC(F)(F)C(F)(F)C(F)(F)C(F)(F)C(F)(F)F)c1ccc(Br)cc1. The molecule has 0 saturated carbocycles. The van der Waals surface area contributed by atoms with Gasteiger partial charge in [-0.05, 0) is 63.3 Å². The summed E-state index contributed by atoms with van der Waals surface area (Å²) in [6.07, 6.45) is -8.86. The molecule has 0 fully saturated rings. The molecule has 0 spiro atoms. The Labute approximate surface area is 195 Å². The molecule has 32 heavy (non-hydrogen) atoms. The molecular weight excluding hydrogens is 652 g/mol. The van der Waals surface area contributed by atoms with Crippen molar-refractivity contribution < 1.29 is 57.8 Å². The lowest BCUT2D eigenvalue weighted by Gasteiger charge is -2.36. The Morgan fingerprint density at radius 1 is 0.875 bits per heavy atom. The summed E-state index contributed by atoms with van der Waals surface area (Å²) in [6, 6.07) is 5.80. The minimum absolute atomic E-state index is 0.123. The van der Waals surface area contributed by atoms with Crippen LogP contribution in [-0.4, -0.2) is 42.4 Å². The van der Waals surface area contributed by atoms with Crippen molar-refractivity contribution in [2.24, 2.45) is 0 Å². The summed E-state index contributed by atoms with van der Waals surface area (Å²) in [4.78, 5) is 11.7. The molecule has 0 aliphatic carbocycles. The van der Waals surface area contributed by atoms with Crippen molar-refractivity contribution in [2.75, 3.05) is 6.61 Å². The van der Waals surface area contributed by atoms with Gasteiger partial charge in [0.25, 0.3) is 0 Å². The second kappa shape index (κ2) is 10.0. The predicted octanol–water partition coefficient (Wildman–Crippen LogP) is 7.81. The molecule has 0 aliphatic rings. The molecule has 0 aromatic heterocycles. The van der Waals surface area contributed by atoms with Gasteiger partial charge in [0.2, 0.25) is 0 Å². The summed E-state index contributed by atoms with van der Waals surface area (Å²) in [7, 11) is 0. The van der Waals surface area contributed by atoms with Gasteiger partial charge in [0.05, 0.1) is 12.2 Å². The summed E-state index contributed by atoms with van der Waals surface area (Å²) >= 11 is 4.12. The lowest BCUT2D eigenvalue weighted by Crippen LogP contribution is -2.66. The van der Waals surface area contributed by atoms with Gasteiger partial charge in [0.15, 0.2) is 0 Å². The zero-order valence-electron chi connectivity index (χ0n) is 15.2. The summed E-state index contributed by atoms with van der Waals surface area (Å²) in [5.74, 6) is -28.8. The van der Waals surface area contributed by atoms with Crippen LogP contribution in [0.4, 0.5) is 48.3 Å². The van der Waals surface area contributed by atoms with Crippen molar-refractivity contribution in [1.29, 1.82) is 0 Å². The number of rotatable bonds is 9. The van der Waals surface area contributed by atoms with E-state index in [1.165, 1.54) is 24.3 Å². The second-order valence-corrected chi connectivity index (χ2v) is 8.48. The molecule has 0 radical (unpaired) electrons. The van der Waals surface area contributed by atoms with Gasteiger partial charge in [0, 0.05) is 10.5 Å². The molecule has 1 aromatic carbocycles. The van der Waals surface area contributed by atoms with E-state index in [0.717, 1.165) is 22.6 Å². The molecule has 2 nitrogen and oxygen atoms in total. The molecule has 1 rings (SSSR count). The number of carbonyl (C=O) groups is 1. The zero-order valence-corrected chi connectivity index (χ0v) is 19.0. The van der Waals surface area contributed by atoms with Crippen LogP contribution in [0.3, 0.4) is 0 Å². The maximum Gasteiger partial charge on any atom is 0.460 e. The van der Waals surface area contributed by atoms with Gasteiger partial charge in [-0.2, -0.15) is 48.3 Å². The zero-order chi connectivity index (χ0) is 25.2. The first-order chi connectivity index (χ1) is 14.3. The third-order valence-corrected chi connectivity index (χ3v) is 5.15. The normalized spacial score (nSPS) is 14.5. The lowest BCUT2D eigenvalue weighted by molar-refractivity contribution is -0.416. The van der Waals surface area contributed by atoms with Gasteiger partial charge in [-0.1, -0.05) is 15.9 Å². The van der Waals surface area contributed by atoms with Crippen LogP contribution in [0.15, 0.2) is 38.4 Å². The molecule has 0 unspecified atom stereocenters. The highest BCUT2D eigenvalue weighted by atomic mass is 127. The Morgan fingerprint density at radius 3 is 1.84 bits per heavy atom. The van der Waals surface area contributed by atoms with Crippen LogP contribution in [0.25, 0.3) is 0 Å². The van der Waals surface area contributed by atoms with E-state index in [4.69, 9.17) is 4.74 Å². The number of alkyl halides is 11. The van der Waals surface area contributed by atoms with Crippen LogP contribution in [0.2, 0.25) is 0 Å². The van der Waals surface area contributed by atoms with Gasteiger partial charge in [0.1, 0.15) is 0 Å². The van der Waals surface area contributed by atoms with E-state index in [1.54, 1.807) is 0 Å². The van der Waals surface area contributed by atoms with E-state index in [9.17, 15) is 53.1 Å². The molecule has 0 aliphatic heterocycles. The summed E-state index contributed by atoms with van der Waals surface area (Å²) in [6.45, 7) is -0.417. The lowest BCUT2D eigenvalue weighted by atomic mass is 9.97. The van der Waals surface area contributed by atoms with E-state index in [0.29, 0.717) is 4.47 Å². The third kappa shape index (κ3) is 6.05. The standard InChI is InChI=1S/C17H11BrF11IO2/c18-10-5-3-9(4-6-10)12(31)32-7-1-2-11(30)8-13(19,20)14(21,22)15(23,24)16(25,26)17(27,28)29/h3-6,8H,1-2,7H2. The molecule has 0 bridgehead atoms. The van der Waals surface area contributed by atoms with Crippen LogP contribution in [0.5, 0.6) is 0 Å². The van der Waals surface area contributed by atoms with Gasteiger partial charge in [-0.3, -0.25) is 0 Å². The Balaban J connectivity index is 2.83. The summed E-state index contributed by atoms with van der Waals surface area (Å²) < 4.78 is 147. The highest BCUT2D eigenvalue weighted by Gasteiger charge is 2.86. The van der Waals surface area contributed by atoms with Crippen molar-refractivity contribution >= 4 is 44.5 Å². The van der Waals surface area contributed by atoms with E-state index >= 15 is 0 Å². The first-order valence-corrected chi connectivity index (χ1v) is 10.0. The van der Waals surface area contributed by atoms with Crippen molar-refractivity contribution in [3.05, 3.63) is 44.0 Å². The molecule has 1 aromatic rings. The number of esters is 1. The van der Waals surface area contributed by atoms with Crippen LogP contribution >= 0.6 is 38.5 Å². The Hall–Kier alpha value is -1.13. The molecule has 0 heterocycles. The quantitative estimate of drug-likeness (QED) is 0.117. The fraction of sp³-hybridized carbons (Fsp3) is 0.471. The first kappa shape index (κ1) is 28.9. The van der Waals surface area contributed by atoms with Crippen LogP contribution in [-0.2, 0) is 4.74 Å². The fourth-order valence-corrected chi connectivity index (χ4v) is 3.06. The maximum absolute atomic E-state index is 13.7. The highest BCUT2D eigenvalue weighted by Crippen LogP contribution is 2.57. The minimum Gasteiger partial charge on any atom is -0.462 e. The van der Waals surface area contributed by atoms with Crippen molar-refractivity contribution in [1.82, 2.24) is 0 Å². The summed E-state index contributed by atoms with van der Waals surface area (Å²) in [5, 5.41) is 0. The van der Waals surface area contributed by atoms with Crippen molar-refractivity contribution in [3.63, 3.8) is 0 Å². The van der Waals surface area contributed by atoms with E-state index in [2.05, 4.69) is 15.9 Å². The molecule has 0 atom stereocenters. The molecule has 0 N–H and O–H groups in total. The van der Waals surface area contributed by atoms with Crippen molar-refractivity contribution in [3.8, 4) is 0 Å². The topological polar surface area (TPSA) is 26.3 Å². The first-order valence-electron chi connectivity index (χ1n) is 8.16. The molecular formula is C17H11BrF11IO2. The van der Waals surface area contributed by atoms with Gasteiger partial charge in [-0.25, -0.2) is 4.79 Å². The summed E-state index contributed by atoms with van der Waals surface area (Å²) in [5.41, 5.74) is 0.123. The monoisotopic (exact) mass is 662 g/mol. The predicted molar refractivity (Wildman–Crippen MR) is 102 cm³/mol. The van der Waals surface area contributed by atoms with Crippen LogP contribution in [0.1, 0.15) is 23.2 Å². The number of benzene rings is 1. The molecule has 15 heteroatoms. The highest BCUT2D eigenvalue weighted by molar-refractivity contribution is 14.1. The largest absolute Gasteiger partial charge is 0.462 e. The number of carbonyl (C=O) groups excluding carboxylic acids is 1.